The third kappa shape index (κ3) is 6.09. The van der Waals surface area contributed by atoms with Crippen LogP contribution in [-0.4, -0.2) is 40.8 Å². The van der Waals surface area contributed by atoms with Crippen molar-refractivity contribution in [3.05, 3.63) is 62.5 Å². The van der Waals surface area contributed by atoms with Crippen molar-refractivity contribution < 1.29 is 14.0 Å². The number of carbonyl (C=O) groups excluding carboxylic acids is 2. The molecule has 2 heterocycles. The fourth-order valence-electron chi connectivity index (χ4n) is 3.48. The summed E-state index contributed by atoms with van der Waals surface area (Å²) in [7, 11) is 0. The lowest BCUT2D eigenvalue weighted by atomic mass is 10.0. The quantitative estimate of drug-likeness (QED) is 0.603. The molecule has 1 aliphatic rings. The van der Waals surface area contributed by atoms with Crippen molar-refractivity contribution in [1.29, 1.82) is 0 Å². The Bertz CT molecular complexity index is 894. The molecule has 1 unspecified atom stereocenters. The zero-order valence-corrected chi connectivity index (χ0v) is 19.0. The molecular weight excluding hydrogens is 505 g/mol. The standard InChI is InChI=1S/C21H22Br2FN3O2/c22-14-4-6-19(23)18(11-14)21(29)26-13-17-3-1-2-10-27(17)20(28)7-5-16-12-15(24)8-9-25-16/h4,6,8-9,11-12,17H,1-3,5,7,10,13H2,(H,26,29). The summed E-state index contributed by atoms with van der Waals surface area (Å²) < 4.78 is 14.8. The van der Waals surface area contributed by atoms with Gasteiger partial charge in [-0.15, -0.1) is 0 Å². The van der Waals surface area contributed by atoms with E-state index in [0.717, 1.165) is 28.2 Å². The van der Waals surface area contributed by atoms with Gasteiger partial charge in [0.2, 0.25) is 5.91 Å². The smallest absolute Gasteiger partial charge is 0.252 e. The maximum Gasteiger partial charge on any atom is 0.252 e. The first-order valence-electron chi connectivity index (χ1n) is 9.57. The van der Waals surface area contributed by atoms with Crippen LogP contribution in [0.2, 0.25) is 0 Å². The van der Waals surface area contributed by atoms with Crippen LogP contribution in [0.3, 0.4) is 0 Å². The SMILES string of the molecule is O=C(NCC1CCCCN1C(=O)CCc1cc(F)ccn1)c1cc(Br)ccc1Br. The number of likely N-dealkylation sites (tertiary alicyclic amines) is 1. The van der Waals surface area contributed by atoms with Gasteiger partial charge in [-0.3, -0.25) is 14.6 Å². The molecule has 0 radical (unpaired) electrons. The number of piperidine rings is 1. The highest BCUT2D eigenvalue weighted by Crippen LogP contribution is 2.22. The van der Waals surface area contributed by atoms with E-state index in [1.807, 2.05) is 17.0 Å². The van der Waals surface area contributed by atoms with Gasteiger partial charge in [-0.25, -0.2) is 4.39 Å². The minimum Gasteiger partial charge on any atom is -0.350 e. The molecule has 1 aromatic heterocycles. The van der Waals surface area contributed by atoms with Crippen molar-refractivity contribution in [3.8, 4) is 0 Å². The van der Waals surface area contributed by atoms with Crippen LogP contribution in [0.15, 0.2) is 45.5 Å². The molecule has 154 valence electrons. The molecule has 2 amide bonds. The van der Waals surface area contributed by atoms with E-state index in [1.165, 1.54) is 18.3 Å². The summed E-state index contributed by atoms with van der Waals surface area (Å²) >= 11 is 6.78. The summed E-state index contributed by atoms with van der Waals surface area (Å²) in [6.45, 7) is 1.08. The topological polar surface area (TPSA) is 62.3 Å². The van der Waals surface area contributed by atoms with Gasteiger partial charge in [0.05, 0.1) is 5.56 Å². The number of benzene rings is 1. The Morgan fingerprint density at radius 1 is 1.21 bits per heavy atom. The van der Waals surface area contributed by atoms with E-state index in [4.69, 9.17) is 0 Å². The summed E-state index contributed by atoms with van der Waals surface area (Å²) in [5.41, 5.74) is 1.12. The molecule has 0 saturated carbocycles. The number of hydrogen-bond donors (Lipinski definition) is 1. The number of pyridine rings is 1. The summed E-state index contributed by atoms with van der Waals surface area (Å²) in [5.74, 6) is -0.515. The van der Waals surface area contributed by atoms with Crippen molar-refractivity contribution >= 4 is 43.7 Å². The monoisotopic (exact) mass is 525 g/mol. The number of aryl methyl sites for hydroxylation is 1. The zero-order valence-electron chi connectivity index (χ0n) is 15.8. The molecule has 8 heteroatoms. The second kappa shape index (κ2) is 10.3. The summed E-state index contributed by atoms with van der Waals surface area (Å²) in [4.78, 5) is 31.3. The largest absolute Gasteiger partial charge is 0.350 e. The van der Waals surface area contributed by atoms with E-state index >= 15 is 0 Å². The molecule has 0 bridgehead atoms. The molecule has 0 spiro atoms. The molecule has 2 aromatic rings. The van der Waals surface area contributed by atoms with Crippen LogP contribution in [0.25, 0.3) is 0 Å². The van der Waals surface area contributed by atoms with E-state index in [2.05, 4.69) is 42.2 Å². The molecule has 1 N–H and O–H groups in total. The minimum absolute atomic E-state index is 0.0126. The Kier molecular flexibility index (Phi) is 7.77. The summed E-state index contributed by atoms with van der Waals surface area (Å²) in [5, 5.41) is 2.96. The maximum absolute atomic E-state index is 13.3. The Balaban J connectivity index is 1.58. The predicted octanol–water partition coefficient (Wildman–Crippen LogP) is 4.49. The Labute approximate surface area is 186 Å². The third-order valence-electron chi connectivity index (χ3n) is 4.99. The number of halogens is 3. The van der Waals surface area contributed by atoms with Crippen LogP contribution >= 0.6 is 31.9 Å². The number of rotatable bonds is 6. The first-order valence-corrected chi connectivity index (χ1v) is 11.2. The second-order valence-corrected chi connectivity index (χ2v) is 8.81. The Hall–Kier alpha value is -1.80. The number of carbonyl (C=O) groups is 2. The molecule has 0 aliphatic carbocycles. The third-order valence-corrected chi connectivity index (χ3v) is 6.18. The van der Waals surface area contributed by atoms with Gasteiger partial charge in [0, 0.05) is 46.4 Å². The highest BCUT2D eigenvalue weighted by molar-refractivity contribution is 9.11. The number of nitrogens with one attached hydrogen (secondary N) is 1. The van der Waals surface area contributed by atoms with Gasteiger partial charge >= 0.3 is 0 Å². The lowest BCUT2D eigenvalue weighted by molar-refractivity contribution is -0.134. The fourth-order valence-corrected chi connectivity index (χ4v) is 4.27. The van der Waals surface area contributed by atoms with Crippen molar-refractivity contribution in [2.75, 3.05) is 13.1 Å². The molecule has 1 saturated heterocycles. The van der Waals surface area contributed by atoms with E-state index in [9.17, 15) is 14.0 Å². The predicted molar refractivity (Wildman–Crippen MR) is 116 cm³/mol. The summed E-state index contributed by atoms with van der Waals surface area (Å²) in [6, 6.07) is 8.04. The van der Waals surface area contributed by atoms with Crippen LogP contribution in [0.4, 0.5) is 4.39 Å². The maximum atomic E-state index is 13.3. The van der Waals surface area contributed by atoms with Gasteiger partial charge in [0.15, 0.2) is 0 Å². The molecule has 5 nitrogen and oxygen atoms in total. The van der Waals surface area contributed by atoms with Gasteiger partial charge < -0.3 is 10.2 Å². The molecule has 1 aliphatic heterocycles. The summed E-state index contributed by atoms with van der Waals surface area (Å²) in [6.07, 6.45) is 4.91. The van der Waals surface area contributed by atoms with E-state index < -0.39 is 0 Å². The Morgan fingerprint density at radius 3 is 2.83 bits per heavy atom. The lowest BCUT2D eigenvalue weighted by Gasteiger charge is -2.36. The fraction of sp³-hybridized carbons (Fsp3) is 0.381. The van der Waals surface area contributed by atoms with Crippen LogP contribution in [-0.2, 0) is 11.2 Å². The number of amides is 2. The molecule has 3 rings (SSSR count). The second-order valence-electron chi connectivity index (χ2n) is 7.04. The van der Waals surface area contributed by atoms with Crippen LogP contribution < -0.4 is 5.32 Å². The molecule has 1 fully saturated rings. The number of aromatic nitrogens is 1. The Morgan fingerprint density at radius 2 is 2.03 bits per heavy atom. The van der Waals surface area contributed by atoms with Crippen LogP contribution in [0.5, 0.6) is 0 Å². The average Bonchev–Trinajstić information content (AvgIpc) is 2.72. The highest BCUT2D eigenvalue weighted by atomic mass is 79.9. The molecule has 29 heavy (non-hydrogen) atoms. The first-order chi connectivity index (χ1) is 13.9. The van der Waals surface area contributed by atoms with Gasteiger partial charge in [-0.05, 0) is 71.9 Å². The van der Waals surface area contributed by atoms with Crippen molar-refractivity contribution in [2.45, 2.75) is 38.1 Å². The van der Waals surface area contributed by atoms with Gasteiger partial charge in [0.25, 0.3) is 5.91 Å². The average molecular weight is 527 g/mol. The lowest BCUT2D eigenvalue weighted by Crippen LogP contribution is -2.49. The molecule has 1 atom stereocenters. The first kappa shape index (κ1) is 21.9. The van der Waals surface area contributed by atoms with E-state index in [1.54, 1.807) is 6.07 Å². The zero-order chi connectivity index (χ0) is 20.8. The van der Waals surface area contributed by atoms with Crippen molar-refractivity contribution in [1.82, 2.24) is 15.2 Å². The molecule has 1 aromatic carbocycles. The normalized spacial score (nSPS) is 16.5. The van der Waals surface area contributed by atoms with Crippen molar-refractivity contribution in [3.63, 3.8) is 0 Å². The molecular formula is C21H22Br2FN3O2. The van der Waals surface area contributed by atoms with E-state index in [0.29, 0.717) is 30.8 Å². The highest BCUT2D eigenvalue weighted by Gasteiger charge is 2.27. The van der Waals surface area contributed by atoms with Crippen LogP contribution in [0.1, 0.15) is 41.7 Å². The minimum atomic E-state index is -0.347. The van der Waals surface area contributed by atoms with Gasteiger partial charge in [0.1, 0.15) is 5.82 Å². The van der Waals surface area contributed by atoms with Gasteiger partial charge in [-0.2, -0.15) is 0 Å². The number of hydrogen-bond acceptors (Lipinski definition) is 3. The number of nitrogens with zero attached hydrogens (tertiary/aromatic N) is 2. The van der Waals surface area contributed by atoms with E-state index in [-0.39, 0.29) is 30.1 Å². The van der Waals surface area contributed by atoms with Gasteiger partial charge in [-0.1, -0.05) is 15.9 Å². The van der Waals surface area contributed by atoms with Crippen LogP contribution in [0, 0.1) is 5.82 Å². The van der Waals surface area contributed by atoms with Crippen molar-refractivity contribution in [2.24, 2.45) is 0 Å².